The van der Waals surface area contributed by atoms with E-state index >= 15 is 0 Å². The third-order valence-electron chi connectivity index (χ3n) is 2.11. The molecule has 0 bridgehead atoms. The van der Waals surface area contributed by atoms with Gasteiger partial charge in [0.2, 0.25) is 0 Å². The predicted octanol–water partition coefficient (Wildman–Crippen LogP) is 3.59. The van der Waals surface area contributed by atoms with Crippen LogP contribution >= 0.6 is 0 Å². The van der Waals surface area contributed by atoms with Gasteiger partial charge in [-0.1, -0.05) is 33.1 Å². The standard InChI is InChI=1S/C9H15NO.C3H6/c1-6(2)8-4-9(7(3)10)11-5-8;1-2-3-1/h4-7H,10H2,1-3H3;1-3H2. The highest BCUT2D eigenvalue weighted by Gasteiger charge is 2.07. The van der Waals surface area contributed by atoms with Crippen molar-refractivity contribution < 1.29 is 4.42 Å². The van der Waals surface area contributed by atoms with Crippen LogP contribution < -0.4 is 5.73 Å². The molecule has 1 unspecified atom stereocenters. The lowest BCUT2D eigenvalue weighted by molar-refractivity contribution is 0.478. The smallest absolute Gasteiger partial charge is 0.120 e. The maximum atomic E-state index is 5.63. The highest BCUT2D eigenvalue weighted by atomic mass is 16.3. The molecule has 1 saturated carbocycles. The Kier molecular flexibility index (Phi) is 4.21. The van der Waals surface area contributed by atoms with Crippen LogP contribution in [0.3, 0.4) is 0 Å². The zero-order valence-electron chi connectivity index (χ0n) is 9.42. The van der Waals surface area contributed by atoms with E-state index in [4.69, 9.17) is 10.2 Å². The SMILES string of the molecule is C1CC1.CC(C)c1coc(C(C)N)c1. The summed E-state index contributed by atoms with van der Waals surface area (Å²) in [4.78, 5) is 0. The van der Waals surface area contributed by atoms with Crippen molar-refractivity contribution in [3.63, 3.8) is 0 Å². The minimum Gasteiger partial charge on any atom is -0.467 e. The summed E-state index contributed by atoms with van der Waals surface area (Å²) in [6.45, 7) is 6.19. The van der Waals surface area contributed by atoms with Gasteiger partial charge in [-0.3, -0.25) is 0 Å². The molecule has 1 aliphatic rings. The number of nitrogens with two attached hydrogens (primary N) is 1. The Balaban J connectivity index is 0.000000276. The van der Waals surface area contributed by atoms with Crippen LogP contribution in [0, 0.1) is 0 Å². The van der Waals surface area contributed by atoms with Crippen molar-refractivity contribution in [1.29, 1.82) is 0 Å². The van der Waals surface area contributed by atoms with Gasteiger partial charge in [0, 0.05) is 0 Å². The van der Waals surface area contributed by atoms with Gasteiger partial charge < -0.3 is 10.2 Å². The molecular weight excluding hydrogens is 174 g/mol. The van der Waals surface area contributed by atoms with Crippen molar-refractivity contribution >= 4 is 0 Å². The maximum absolute atomic E-state index is 5.63. The van der Waals surface area contributed by atoms with Gasteiger partial charge in [-0.05, 0) is 24.5 Å². The fraction of sp³-hybridized carbons (Fsp3) is 0.667. The van der Waals surface area contributed by atoms with Gasteiger partial charge in [-0.2, -0.15) is 0 Å². The first-order valence-corrected chi connectivity index (χ1v) is 5.45. The number of hydrogen-bond donors (Lipinski definition) is 1. The molecule has 1 aromatic heterocycles. The molecule has 1 atom stereocenters. The van der Waals surface area contributed by atoms with Crippen molar-refractivity contribution in [3.05, 3.63) is 23.7 Å². The fourth-order valence-electron chi connectivity index (χ4n) is 0.910. The van der Waals surface area contributed by atoms with Crippen LogP contribution in [0.15, 0.2) is 16.7 Å². The minimum atomic E-state index is 0.00231. The predicted molar refractivity (Wildman–Crippen MR) is 59.3 cm³/mol. The molecule has 1 heterocycles. The molecule has 0 aliphatic heterocycles. The second kappa shape index (κ2) is 5.20. The summed E-state index contributed by atoms with van der Waals surface area (Å²) < 4.78 is 5.26. The molecule has 0 spiro atoms. The van der Waals surface area contributed by atoms with Crippen molar-refractivity contribution in [1.82, 2.24) is 0 Å². The Morgan fingerprint density at radius 2 is 1.79 bits per heavy atom. The average molecular weight is 195 g/mol. The molecule has 0 amide bonds. The van der Waals surface area contributed by atoms with Gasteiger partial charge in [-0.15, -0.1) is 0 Å². The van der Waals surface area contributed by atoms with Crippen molar-refractivity contribution in [2.24, 2.45) is 5.73 Å². The van der Waals surface area contributed by atoms with E-state index in [1.165, 1.54) is 24.8 Å². The van der Waals surface area contributed by atoms with Gasteiger partial charge in [-0.25, -0.2) is 0 Å². The lowest BCUT2D eigenvalue weighted by Gasteiger charge is -1.98. The summed E-state index contributed by atoms with van der Waals surface area (Å²) in [7, 11) is 0. The first kappa shape index (κ1) is 11.3. The van der Waals surface area contributed by atoms with E-state index in [-0.39, 0.29) is 6.04 Å². The zero-order chi connectivity index (χ0) is 10.6. The number of hydrogen-bond acceptors (Lipinski definition) is 2. The molecule has 2 rings (SSSR count). The van der Waals surface area contributed by atoms with Crippen LogP contribution in [0.2, 0.25) is 0 Å². The third-order valence-corrected chi connectivity index (χ3v) is 2.11. The minimum absolute atomic E-state index is 0.00231. The topological polar surface area (TPSA) is 39.2 Å². The first-order chi connectivity index (χ1) is 6.61. The van der Waals surface area contributed by atoms with E-state index in [2.05, 4.69) is 13.8 Å². The van der Waals surface area contributed by atoms with Crippen molar-refractivity contribution in [2.75, 3.05) is 0 Å². The molecular formula is C12H21NO. The summed E-state index contributed by atoms with van der Waals surface area (Å²) in [6.07, 6.45) is 6.28. The molecule has 14 heavy (non-hydrogen) atoms. The van der Waals surface area contributed by atoms with Gasteiger partial charge in [0.05, 0.1) is 12.3 Å². The van der Waals surface area contributed by atoms with Gasteiger partial charge in [0.25, 0.3) is 0 Å². The normalized spacial score (nSPS) is 16.1. The van der Waals surface area contributed by atoms with Gasteiger partial charge in [0.15, 0.2) is 0 Å². The van der Waals surface area contributed by atoms with E-state index in [0.29, 0.717) is 5.92 Å². The molecule has 0 radical (unpaired) electrons. The molecule has 1 aliphatic carbocycles. The summed E-state index contributed by atoms with van der Waals surface area (Å²) in [5, 5.41) is 0. The fourth-order valence-corrected chi connectivity index (χ4v) is 0.910. The highest BCUT2D eigenvalue weighted by molar-refractivity contribution is 5.17. The lowest BCUT2D eigenvalue weighted by atomic mass is 10.1. The molecule has 80 valence electrons. The molecule has 2 N–H and O–H groups in total. The second-order valence-corrected chi connectivity index (χ2v) is 4.29. The van der Waals surface area contributed by atoms with Crippen molar-refractivity contribution in [2.45, 2.75) is 52.0 Å². The summed E-state index contributed by atoms with van der Waals surface area (Å²) in [5.74, 6) is 1.39. The Morgan fingerprint density at radius 1 is 1.21 bits per heavy atom. The van der Waals surface area contributed by atoms with E-state index in [0.717, 1.165) is 5.76 Å². The van der Waals surface area contributed by atoms with E-state index < -0.39 is 0 Å². The van der Waals surface area contributed by atoms with Crippen LogP contribution in [0.5, 0.6) is 0 Å². The zero-order valence-corrected chi connectivity index (χ0v) is 9.42. The largest absolute Gasteiger partial charge is 0.467 e. The third kappa shape index (κ3) is 3.97. The quantitative estimate of drug-likeness (QED) is 0.783. The van der Waals surface area contributed by atoms with Crippen LogP contribution in [0.1, 0.15) is 63.3 Å². The van der Waals surface area contributed by atoms with Gasteiger partial charge in [0.1, 0.15) is 5.76 Å². The van der Waals surface area contributed by atoms with Crippen LogP contribution in [0.25, 0.3) is 0 Å². The maximum Gasteiger partial charge on any atom is 0.120 e. The summed E-state index contributed by atoms with van der Waals surface area (Å²) in [5.41, 5.74) is 6.85. The van der Waals surface area contributed by atoms with Crippen molar-refractivity contribution in [3.8, 4) is 0 Å². The van der Waals surface area contributed by atoms with Crippen LogP contribution in [-0.4, -0.2) is 0 Å². The highest BCUT2D eigenvalue weighted by Crippen LogP contribution is 2.20. The molecule has 2 heteroatoms. The summed E-state index contributed by atoms with van der Waals surface area (Å²) in [6, 6.07) is 2.03. The Bertz CT molecular complexity index is 236. The Labute approximate surface area is 86.5 Å². The van der Waals surface area contributed by atoms with E-state index in [1.807, 2.05) is 13.0 Å². The monoisotopic (exact) mass is 195 g/mol. The Hall–Kier alpha value is -0.760. The lowest BCUT2D eigenvalue weighted by Crippen LogP contribution is -2.02. The number of furan rings is 1. The first-order valence-electron chi connectivity index (χ1n) is 5.45. The van der Waals surface area contributed by atoms with Crippen LogP contribution in [-0.2, 0) is 0 Å². The summed E-state index contributed by atoms with van der Waals surface area (Å²) >= 11 is 0. The second-order valence-electron chi connectivity index (χ2n) is 4.29. The Morgan fingerprint density at radius 3 is 2.00 bits per heavy atom. The molecule has 0 saturated heterocycles. The molecule has 1 fully saturated rings. The molecule has 1 aromatic rings. The van der Waals surface area contributed by atoms with E-state index in [1.54, 1.807) is 6.26 Å². The van der Waals surface area contributed by atoms with Gasteiger partial charge >= 0.3 is 0 Å². The average Bonchev–Trinajstić information content (AvgIpc) is 2.89. The molecule has 2 nitrogen and oxygen atoms in total. The number of rotatable bonds is 2. The molecule has 0 aromatic carbocycles. The van der Waals surface area contributed by atoms with E-state index in [9.17, 15) is 0 Å². The van der Waals surface area contributed by atoms with Crippen LogP contribution in [0.4, 0.5) is 0 Å².